The first kappa shape index (κ1) is 16.2. The van der Waals surface area contributed by atoms with Crippen molar-refractivity contribution < 1.29 is 9.59 Å². The van der Waals surface area contributed by atoms with Gasteiger partial charge in [-0.2, -0.15) is 11.8 Å². The first-order valence-electron chi connectivity index (χ1n) is 5.82. The highest BCUT2D eigenvalue weighted by molar-refractivity contribution is 7.98. The molecule has 0 spiro atoms. The number of carbonyl (C=O) groups excluding carboxylic acids is 2. The third-order valence-electron chi connectivity index (χ3n) is 2.19. The van der Waals surface area contributed by atoms with Crippen LogP contribution >= 0.6 is 11.8 Å². The van der Waals surface area contributed by atoms with Crippen LogP contribution in [-0.4, -0.2) is 43.1 Å². The molecule has 0 fully saturated rings. The number of hydrogen-bond acceptors (Lipinski definition) is 4. The number of amides is 3. The van der Waals surface area contributed by atoms with Gasteiger partial charge < -0.3 is 10.6 Å². The van der Waals surface area contributed by atoms with Crippen molar-refractivity contribution in [2.75, 3.05) is 25.1 Å². The second-order valence-corrected chi connectivity index (χ2v) is 4.95. The summed E-state index contributed by atoms with van der Waals surface area (Å²) in [6.45, 7) is 6.95. The summed E-state index contributed by atoms with van der Waals surface area (Å²) in [4.78, 5) is 22.7. The molecule has 2 unspecified atom stereocenters. The molecule has 0 aliphatic rings. The third-order valence-corrected chi connectivity index (χ3v) is 3.09. The van der Waals surface area contributed by atoms with Crippen molar-refractivity contribution >= 4 is 23.7 Å². The molecule has 0 saturated carbocycles. The van der Waals surface area contributed by atoms with Gasteiger partial charge >= 0.3 is 6.03 Å². The van der Waals surface area contributed by atoms with Gasteiger partial charge in [-0.1, -0.05) is 6.92 Å². The van der Waals surface area contributed by atoms with Gasteiger partial charge in [-0.25, -0.2) is 4.79 Å². The van der Waals surface area contributed by atoms with Crippen LogP contribution in [0.5, 0.6) is 0 Å². The van der Waals surface area contributed by atoms with Gasteiger partial charge in [0.15, 0.2) is 0 Å². The minimum absolute atomic E-state index is 0.299. The zero-order valence-corrected chi connectivity index (χ0v) is 11.8. The van der Waals surface area contributed by atoms with Gasteiger partial charge in [0.1, 0.15) is 0 Å². The van der Waals surface area contributed by atoms with Crippen LogP contribution in [0.1, 0.15) is 20.8 Å². The fraction of sp³-hybridized carbons (Fsp3) is 0.818. The van der Waals surface area contributed by atoms with Crippen LogP contribution in [0.15, 0.2) is 0 Å². The van der Waals surface area contributed by atoms with E-state index in [-0.39, 0.29) is 11.9 Å². The normalized spacial score (nSPS) is 13.9. The number of rotatable bonds is 7. The molecule has 3 amide bonds. The van der Waals surface area contributed by atoms with Crippen LogP contribution in [-0.2, 0) is 4.79 Å². The Bertz CT molecular complexity index is 249. The van der Waals surface area contributed by atoms with E-state index < -0.39 is 6.03 Å². The van der Waals surface area contributed by atoms with E-state index in [9.17, 15) is 9.59 Å². The second-order valence-electron chi connectivity index (χ2n) is 4.04. The molecule has 0 aliphatic carbocycles. The summed E-state index contributed by atoms with van der Waals surface area (Å²) in [6, 6.07) is -0.801. The quantitative estimate of drug-likeness (QED) is 0.634. The lowest BCUT2D eigenvalue weighted by Gasteiger charge is -2.16. The number of nitrogens with one attached hydrogen (secondary N) is 3. The van der Waals surface area contributed by atoms with E-state index in [4.69, 9.17) is 0 Å². The number of thioether (sulfide) groups is 1. The minimum Gasteiger partial charge on any atom is -0.338 e. The van der Waals surface area contributed by atoms with Crippen LogP contribution in [0.2, 0.25) is 0 Å². The van der Waals surface area contributed by atoms with Gasteiger partial charge in [0, 0.05) is 6.54 Å². The molecular formula is C11H23N3O2S. The van der Waals surface area contributed by atoms with Crippen molar-refractivity contribution in [1.82, 2.24) is 16.0 Å². The smallest absolute Gasteiger partial charge is 0.321 e. The first-order valence-corrected chi connectivity index (χ1v) is 7.21. The zero-order chi connectivity index (χ0) is 13.3. The maximum atomic E-state index is 11.6. The summed E-state index contributed by atoms with van der Waals surface area (Å²) in [6.07, 6.45) is 2.06. The molecule has 0 aliphatic heterocycles. The van der Waals surface area contributed by atoms with Crippen molar-refractivity contribution in [2.24, 2.45) is 5.92 Å². The van der Waals surface area contributed by atoms with E-state index in [0.29, 0.717) is 12.5 Å². The highest BCUT2D eigenvalue weighted by Crippen LogP contribution is 2.02. The molecule has 5 nitrogen and oxygen atoms in total. The van der Waals surface area contributed by atoms with E-state index >= 15 is 0 Å². The lowest BCUT2D eigenvalue weighted by Crippen LogP contribution is -2.48. The van der Waals surface area contributed by atoms with E-state index in [2.05, 4.69) is 29.1 Å². The maximum Gasteiger partial charge on any atom is 0.321 e. The predicted molar refractivity (Wildman–Crippen MR) is 72.2 cm³/mol. The van der Waals surface area contributed by atoms with E-state index in [0.717, 1.165) is 12.3 Å². The summed E-state index contributed by atoms with van der Waals surface area (Å²) in [7, 11) is 0. The fourth-order valence-corrected chi connectivity index (χ4v) is 1.93. The molecule has 0 radical (unpaired) electrons. The number of carbonyl (C=O) groups is 2. The Kier molecular flexibility index (Phi) is 8.89. The molecule has 2 atom stereocenters. The van der Waals surface area contributed by atoms with E-state index in [1.807, 2.05) is 0 Å². The lowest BCUT2D eigenvalue weighted by atomic mass is 10.2. The Labute approximate surface area is 107 Å². The predicted octanol–water partition coefficient (Wildman–Crippen LogP) is 0.809. The molecule has 0 aromatic rings. The van der Waals surface area contributed by atoms with Gasteiger partial charge in [0.25, 0.3) is 0 Å². The third kappa shape index (κ3) is 8.04. The largest absolute Gasteiger partial charge is 0.338 e. The number of urea groups is 1. The summed E-state index contributed by atoms with van der Waals surface area (Å²) in [5, 5.41) is 7.90. The Hall–Kier alpha value is -0.750. The number of imide groups is 1. The topological polar surface area (TPSA) is 70.2 Å². The van der Waals surface area contributed by atoms with Crippen LogP contribution in [0.4, 0.5) is 4.79 Å². The molecule has 3 N–H and O–H groups in total. The highest BCUT2D eigenvalue weighted by Gasteiger charge is 2.15. The van der Waals surface area contributed by atoms with Gasteiger partial charge in [-0.3, -0.25) is 10.1 Å². The Morgan fingerprint density at radius 2 is 1.94 bits per heavy atom. The van der Waals surface area contributed by atoms with Gasteiger partial charge in [0.2, 0.25) is 5.91 Å². The molecule has 6 heteroatoms. The van der Waals surface area contributed by atoms with Crippen LogP contribution < -0.4 is 16.0 Å². The van der Waals surface area contributed by atoms with Crippen molar-refractivity contribution in [2.45, 2.75) is 26.8 Å². The lowest BCUT2D eigenvalue weighted by molar-refractivity contribution is -0.121. The zero-order valence-electron chi connectivity index (χ0n) is 11.0. The van der Waals surface area contributed by atoms with Gasteiger partial charge in [-0.05, 0) is 38.3 Å². The summed E-state index contributed by atoms with van der Waals surface area (Å²) in [5.41, 5.74) is 0. The highest BCUT2D eigenvalue weighted by atomic mass is 32.2. The van der Waals surface area contributed by atoms with Crippen molar-refractivity contribution in [3.63, 3.8) is 0 Å². The van der Waals surface area contributed by atoms with Gasteiger partial charge in [-0.15, -0.1) is 0 Å². The van der Waals surface area contributed by atoms with Crippen LogP contribution in [0, 0.1) is 5.92 Å². The Balaban J connectivity index is 3.85. The molecular weight excluding hydrogens is 238 g/mol. The SMILES string of the molecule is CCNC(=O)NC(=O)C(C)NCC(C)CSC. The molecule has 100 valence electrons. The molecule has 0 bridgehead atoms. The molecule has 17 heavy (non-hydrogen) atoms. The second kappa shape index (κ2) is 9.30. The molecule has 0 aromatic heterocycles. The van der Waals surface area contributed by atoms with Crippen LogP contribution in [0.3, 0.4) is 0 Å². The fourth-order valence-electron chi connectivity index (χ4n) is 1.24. The molecule has 0 heterocycles. The monoisotopic (exact) mass is 261 g/mol. The minimum atomic E-state index is -0.441. The average molecular weight is 261 g/mol. The van der Waals surface area contributed by atoms with Gasteiger partial charge in [0.05, 0.1) is 6.04 Å². The summed E-state index contributed by atoms with van der Waals surface area (Å²) < 4.78 is 0. The number of hydrogen-bond donors (Lipinski definition) is 3. The Morgan fingerprint density at radius 1 is 1.29 bits per heavy atom. The van der Waals surface area contributed by atoms with E-state index in [1.54, 1.807) is 25.6 Å². The standard InChI is InChI=1S/C11H23N3O2S/c1-5-12-11(16)14-10(15)9(3)13-6-8(2)7-17-4/h8-9,13H,5-7H2,1-4H3,(H2,12,14,15,16). The van der Waals surface area contributed by atoms with Crippen molar-refractivity contribution in [3.05, 3.63) is 0 Å². The molecule has 0 rings (SSSR count). The Morgan fingerprint density at radius 3 is 2.47 bits per heavy atom. The molecule has 0 saturated heterocycles. The van der Waals surface area contributed by atoms with Crippen molar-refractivity contribution in [1.29, 1.82) is 0 Å². The first-order chi connectivity index (χ1) is 8.01. The average Bonchev–Trinajstić information content (AvgIpc) is 2.26. The van der Waals surface area contributed by atoms with Crippen LogP contribution in [0.25, 0.3) is 0 Å². The summed E-state index contributed by atoms with van der Waals surface area (Å²) in [5.74, 6) is 1.26. The maximum absolute atomic E-state index is 11.6. The molecule has 0 aromatic carbocycles. The van der Waals surface area contributed by atoms with E-state index in [1.165, 1.54) is 0 Å². The summed E-state index contributed by atoms with van der Waals surface area (Å²) >= 11 is 1.78. The van der Waals surface area contributed by atoms with Crippen molar-refractivity contribution in [3.8, 4) is 0 Å².